The van der Waals surface area contributed by atoms with Crippen molar-refractivity contribution in [3.8, 4) is 0 Å². The molecule has 0 aliphatic heterocycles. The molecular weight excluding hydrogens is 174 g/mol. The zero-order chi connectivity index (χ0) is 9.03. The molecule has 0 amide bonds. The van der Waals surface area contributed by atoms with Gasteiger partial charge in [-0.25, -0.2) is 0 Å². The van der Waals surface area contributed by atoms with Gasteiger partial charge in [-0.05, 0) is 11.3 Å². The minimum Gasteiger partial charge on any atom is -0.265 e. The molecule has 1 rings (SSSR count). The number of hydrogen-bond acceptors (Lipinski definition) is 0. The molecule has 0 fully saturated rings. The van der Waals surface area contributed by atoms with Crippen LogP contribution in [0.5, 0.6) is 0 Å². The highest BCUT2D eigenvalue weighted by atomic mass is 28.4. The molecule has 0 heterocycles. The quantitative estimate of drug-likeness (QED) is 0.500. The second-order valence-electron chi connectivity index (χ2n) is 2.63. The first-order valence-corrected chi connectivity index (χ1v) is 5.73. The van der Waals surface area contributed by atoms with Gasteiger partial charge in [0.05, 0.1) is 0 Å². The second-order valence-corrected chi connectivity index (χ2v) is 4.91. The van der Waals surface area contributed by atoms with E-state index in [0.717, 1.165) is 5.70 Å². The predicted octanol–water partition coefficient (Wildman–Crippen LogP) is 2.87. The molecule has 0 bridgehead atoms. The van der Waals surface area contributed by atoms with Gasteiger partial charge < -0.3 is 0 Å². The van der Waals surface area contributed by atoms with Gasteiger partial charge in [0.1, 0.15) is 0 Å². The Morgan fingerprint density at radius 2 is 1.83 bits per heavy atom. The second kappa shape index (κ2) is 3.63. The van der Waals surface area contributed by atoms with Gasteiger partial charge in [0.25, 0.3) is 0 Å². The molecule has 1 aromatic carbocycles. The average Bonchev–Trinajstić information content (AvgIpc) is 2.06. The zero-order valence-electron chi connectivity index (χ0n) is 6.63. The van der Waals surface area contributed by atoms with Crippen LogP contribution in [-0.4, -0.2) is 8.74 Å². The van der Waals surface area contributed by atoms with E-state index in [0.29, 0.717) is 5.56 Å². The third kappa shape index (κ3) is 2.58. The Kier molecular flexibility index (Phi) is 2.76. The van der Waals surface area contributed by atoms with E-state index in [-0.39, 0.29) is 6.04 Å². The lowest BCUT2D eigenvalue weighted by Gasteiger charge is -2.06. The molecule has 0 radical (unpaired) electrons. The summed E-state index contributed by atoms with van der Waals surface area (Å²) < 4.78 is 25.7. The van der Waals surface area contributed by atoms with Gasteiger partial charge in [-0.3, -0.25) is 8.22 Å². The molecule has 0 aromatic heterocycles. The van der Waals surface area contributed by atoms with Gasteiger partial charge in [-0.2, -0.15) is 0 Å². The molecule has 0 unspecified atom stereocenters. The molecule has 64 valence electrons. The predicted molar refractivity (Wildman–Crippen MR) is 48.3 cm³/mol. The Morgan fingerprint density at radius 1 is 1.25 bits per heavy atom. The molecule has 0 atom stereocenters. The minimum absolute atomic E-state index is 0.128. The highest BCUT2D eigenvalue weighted by Gasteiger charge is 2.30. The van der Waals surface area contributed by atoms with Crippen LogP contribution in [0.2, 0.25) is 0 Å². The molecule has 0 spiro atoms. The molecule has 0 saturated heterocycles. The van der Waals surface area contributed by atoms with Crippen LogP contribution in [-0.2, 0) is 6.04 Å². The topological polar surface area (TPSA) is 0 Å². The van der Waals surface area contributed by atoms with E-state index in [2.05, 4.69) is 6.58 Å². The Labute approximate surface area is 71.9 Å². The lowest BCUT2D eigenvalue weighted by atomic mass is 10.2. The number of halogens is 2. The molecule has 0 N–H and O–H groups in total. The van der Waals surface area contributed by atoms with Gasteiger partial charge in [0.15, 0.2) is 0 Å². The number of benzene rings is 1. The van der Waals surface area contributed by atoms with Crippen molar-refractivity contribution in [3.63, 3.8) is 0 Å². The molecule has 0 nitrogen and oxygen atoms in total. The van der Waals surface area contributed by atoms with Crippen LogP contribution in [0.3, 0.4) is 0 Å². The van der Waals surface area contributed by atoms with E-state index in [1.54, 1.807) is 24.3 Å². The Hall–Kier alpha value is -0.963. The van der Waals surface area contributed by atoms with Crippen molar-refractivity contribution in [2.45, 2.75) is 6.04 Å². The van der Waals surface area contributed by atoms with E-state index in [1.807, 2.05) is 6.07 Å². The fourth-order valence-corrected chi connectivity index (χ4v) is 1.86. The Morgan fingerprint density at radius 3 is 2.33 bits per heavy atom. The van der Waals surface area contributed by atoms with Crippen LogP contribution >= 0.6 is 0 Å². The third-order valence-electron chi connectivity index (χ3n) is 1.58. The van der Waals surface area contributed by atoms with Crippen molar-refractivity contribution in [1.82, 2.24) is 0 Å². The fourth-order valence-electron chi connectivity index (χ4n) is 0.940. The summed E-state index contributed by atoms with van der Waals surface area (Å²) in [5.41, 5.74) is 1.51. The Bertz CT molecular complexity index is 256. The van der Waals surface area contributed by atoms with Gasteiger partial charge in [0.2, 0.25) is 0 Å². The normalized spacial score (nSPS) is 11.2. The van der Waals surface area contributed by atoms with Gasteiger partial charge >= 0.3 is 8.74 Å². The van der Waals surface area contributed by atoms with E-state index in [4.69, 9.17) is 0 Å². The molecule has 3 heteroatoms. The van der Waals surface area contributed by atoms with Crippen LogP contribution in [0.25, 0.3) is 0 Å². The number of rotatable bonds is 3. The highest BCUT2D eigenvalue weighted by molar-refractivity contribution is 6.70. The lowest BCUT2D eigenvalue weighted by molar-refractivity contribution is 0.619. The van der Waals surface area contributed by atoms with Gasteiger partial charge in [0, 0.05) is 6.04 Å². The van der Waals surface area contributed by atoms with Crippen LogP contribution in [0, 0.1) is 0 Å². The summed E-state index contributed by atoms with van der Waals surface area (Å²) in [5, 5.41) is 0. The summed E-state index contributed by atoms with van der Waals surface area (Å²) in [6, 6.07) is 8.65. The Balaban J connectivity index is 2.70. The molecule has 0 saturated carbocycles. The maximum Gasteiger partial charge on any atom is 0.452 e. The zero-order valence-corrected chi connectivity index (χ0v) is 7.63. The molecular formula is C9H10F2Si. The van der Waals surface area contributed by atoms with Crippen molar-refractivity contribution in [2.75, 3.05) is 0 Å². The van der Waals surface area contributed by atoms with Crippen molar-refractivity contribution >= 4 is 8.74 Å². The van der Waals surface area contributed by atoms with Crippen molar-refractivity contribution < 1.29 is 8.22 Å². The number of hydrogen-bond donors (Lipinski definition) is 0. The van der Waals surface area contributed by atoms with Crippen LogP contribution in [0.15, 0.2) is 42.6 Å². The minimum atomic E-state index is -4.15. The van der Waals surface area contributed by atoms with Gasteiger partial charge in [-0.15, -0.1) is 6.58 Å². The maximum atomic E-state index is 12.9. The summed E-state index contributed by atoms with van der Waals surface area (Å²) in [4.78, 5) is 0. The first kappa shape index (κ1) is 9.13. The first-order valence-electron chi connectivity index (χ1n) is 3.69. The third-order valence-corrected chi connectivity index (χ3v) is 3.06. The summed E-state index contributed by atoms with van der Waals surface area (Å²) in [5.74, 6) is 0. The van der Waals surface area contributed by atoms with Crippen LogP contribution in [0.4, 0.5) is 8.22 Å². The lowest BCUT2D eigenvalue weighted by Crippen LogP contribution is -2.23. The van der Waals surface area contributed by atoms with E-state index in [9.17, 15) is 8.22 Å². The smallest absolute Gasteiger partial charge is 0.265 e. The van der Waals surface area contributed by atoms with E-state index >= 15 is 0 Å². The highest BCUT2D eigenvalue weighted by Crippen LogP contribution is 2.15. The summed E-state index contributed by atoms with van der Waals surface area (Å²) in [6.45, 7) is 3.14. The average molecular weight is 184 g/mol. The fraction of sp³-hybridized carbons (Fsp3) is 0.111. The van der Waals surface area contributed by atoms with E-state index < -0.39 is 8.74 Å². The maximum absolute atomic E-state index is 12.9. The molecule has 12 heavy (non-hydrogen) atoms. The molecule has 0 aliphatic carbocycles. The van der Waals surface area contributed by atoms with E-state index in [1.165, 1.54) is 0 Å². The summed E-state index contributed by atoms with van der Waals surface area (Å²) in [6.07, 6.45) is 0. The first-order chi connectivity index (χ1) is 5.64. The monoisotopic (exact) mass is 184 g/mol. The summed E-state index contributed by atoms with van der Waals surface area (Å²) in [7, 11) is -4.15. The van der Waals surface area contributed by atoms with Crippen LogP contribution in [0.1, 0.15) is 5.56 Å². The summed E-state index contributed by atoms with van der Waals surface area (Å²) >= 11 is 0. The molecule has 1 aromatic rings. The SMILES string of the molecule is C=C[Si](F)(F)Cc1ccccc1. The molecule has 0 aliphatic rings. The standard InChI is InChI=1S/C9H10F2Si/c1-2-12(10,11)8-9-6-4-3-5-7-9/h2-7H,1,8H2. The van der Waals surface area contributed by atoms with Crippen LogP contribution < -0.4 is 0 Å². The van der Waals surface area contributed by atoms with Crippen molar-refractivity contribution in [3.05, 3.63) is 48.2 Å². The van der Waals surface area contributed by atoms with Crippen molar-refractivity contribution in [2.24, 2.45) is 0 Å². The largest absolute Gasteiger partial charge is 0.452 e. The van der Waals surface area contributed by atoms with Crippen molar-refractivity contribution in [1.29, 1.82) is 0 Å². The van der Waals surface area contributed by atoms with Gasteiger partial charge in [-0.1, -0.05) is 30.3 Å².